The van der Waals surface area contributed by atoms with Gasteiger partial charge >= 0.3 is 5.97 Å². The molecule has 80 valence electrons. The molecule has 3 nitrogen and oxygen atoms in total. The van der Waals surface area contributed by atoms with Crippen molar-refractivity contribution in [3.8, 4) is 0 Å². The second-order valence-corrected chi connectivity index (χ2v) is 3.71. The minimum absolute atomic E-state index is 0.0525. The van der Waals surface area contributed by atoms with Gasteiger partial charge in [0.1, 0.15) is 5.82 Å². The van der Waals surface area contributed by atoms with Crippen LogP contribution in [0.25, 0.3) is 0 Å². The first-order chi connectivity index (χ1) is 7.16. The third kappa shape index (κ3) is 2.15. The number of carboxylic acid groups (broad SMARTS) is 1. The van der Waals surface area contributed by atoms with Gasteiger partial charge in [0.2, 0.25) is 0 Å². The van der Waals surface area contributed by atoms with Crippen molar-refractivity contribution in [3.63, 3.8) is 0 Å². The lowest BCUT2D eigenvalue weighted by molar-refractivity contribution is -0.136. The van der Waals surface area contributed by atoms with Crippen molar-refractivity contribution in [2.75, 3.05) is 6.54 Å². The number of aryl methyl sites for hydroxylation is 1. The molecule has 2 rings (SSSR count). The topological polar surface area (TPSA) is 49.3 Å². The zero-order valence-corrected chi connectivity index (χ0v) is 8.16. The minimum atomic E-state index is -0.870. The Hall–Kier alpha value is -1.42. The Morgan fingerprint density at radius 2 is 2.40 bits per heavy atom. The number of fused-ring (bicyclic) bond motifs is 1. The summed E-state index contributed by atoms with van der Waals surface area (Å²) >= 11 is 0. The standard InChI is InChI=1S/C11H12FNO2/c12-8-2-3-9-7(5-8)1-4-10(9)13-6-11(14)15/h2-3,5,10,13H,1,4,6H2,(H,14,15). The average Bonchev–Trinajstić information content (AvgIpc) is 2.57. The molecule has 1 aromatic carbocycles. The van der Waals surface area contributed by atoms with Gasteiger partial charge in [0.05, 0.1) is 6.54 Å². The van der Waals surface area contributed by atoms with E-state index >= 15 is 0 Å². The fourth-order valence-electron chi connectivity index (χ4n) is 2.01. The number of hydrogen-bond donors (Lipinski definition) is 2. The highest BCUT2D eigenvalue weighted by Crippen LogP contribution is 2.31. The predicted octanol–water partition coefficient (Wildman–Crippen LogP) is 1.49. The lowest BCUT2D eigenvalue weighted by Crippen LogP contribution is -2.25. The van der Waals surface area contributed by atoms with Crippen LogP contribution < -0.4 is 5.32 Å². The van der Waals surface area contributed by atoms with Gasteiger partial charge in [-0.25, -0.2) is 4.39 Å². The molecule has 1 aromatic rings. The average molecular weight is 209 g/mol. The van der Waals surface area contributed by atoms with Gasteiger partial charge in [-0.05, 0) is 36.1 Å². The molecule has 0 spiro atoms. The highest BCUT2D eigenvalue weighted by molar-refractivity contribution is 5.69. The molecular formula is C11H12FNO2. The van der Waals surface area contributed by atoms with Crippen LogP contribution in [0.1, 0.15) is 23.6 Å². The Bertz CT molecular complexity index is 392. The maximum Gasteiger partial charge on any atom is 0.317 e. The number of nitrogens with one attached hydrogen (secondary N) is 1. The molecule has 2 N–H and O–H groups in total. The van der Waals surface area contributed by atoms with Crippen molar-refractivity contribution in [3.05, 3.63) is 35.1 Å². The van der Waals surface area contributed by atoms with Gasteiger partial charge in [-0.3, -0.25) is 4.79 Å². The van der Waals surface area contributed by atoms with Crippen molar-refractivity contribution in [1.29, 1.82) is 0 Å². The summed E-state index contributed by atoms with van der Waals surface area (Å²) in [5.74, 6) is -1.10. The summed E-state index contributed by atoms with van der Waals surface area (Å²) in [7, 11) is 0. The van der Waals surface area contributed by atoms with E-state index in [4.69, 9.17) is 5.11 Å². The fourth-order valence-corrected chi connectivity index (χ4v) is 2.01. The second kappa shape index (κ2) is 3.98. The van der Waals surface area contributed by atoms with Crippen LogP contribution in [0.3, 0.4) is 0 Å². The summed E-state index contributed by atoms with van der Waals surface area (Å²) in [5.41, 5.74) is 2.01. The van der Waals surface area contributed by atoms with Crippen molar-refractivity contribution in [2.45, 2.75) is 18.9 Å². The third-order valence-electron chi connectivity index (χ3n) is 2.68. The monoisotopic (exact) mass is 209 g/mol. The molecule has 0 aromatic heterocycles. The van der Waals surface area contributed by atoms with E-state index in [2.05, 4.69) is 5.32 Å². The number of rotatable bonds is 3. The molecule has 0 fully saturated rings. The van der Waals surface area contributed by atoms with E-state index in [9.17, 15) is 9.18 Å². The number of benzene rings is 1. The minimum Gasteiger partial charge on any atom is -0.480 e. The molecule has 1 aliphatic carbocycles. The van der Waals surface area contributed by atoms with E-state index in [1.165, 1.54) is 12.1 Å². The van der Waals surface area contributed by atoms with Gasteiger partial charge < -0.3 is 10.4 Å². The molecule has 15 heavy (non-hydrogen) atoms. The number of aliphatic carboxylic acids is 1. The maximum absolute atomic E-state index is 12.9. The van der Waals surface area contributed by atoms with E-state index < -0.39 is 5.97 Å². The van der Waals surface area contributed by atoms with E-state index in [-0.39, 0.29) is 18.4 Å². The number of carbonyl (C=O) groups is 1. The molecular weight excluding hydrogens is 197 g/mol. The van der Waals surface area contributed by atoms with Crippen molar-refractivity contribution >= 4 is 5.97 Å². The molecule has 1 aliphatic rings. The lowest BCUT2D eigenvalue weighted by atomic mass is 10.1. The summed E-state index contributed by atoms with van der Waals surface area (Å²) in [6.45, 7) is -0.0541. The SMILES string of the molecule is O=C(O)CNC1CCc2cc(F)ccc21. The van der Waals surface area contributed by atoms with Crippen molar-refractivity contribution < 1.29 is 14.3 Å². The first-order valence-electron chi connectivity index (χ1n) is 4.90. The zero-order valence-electron chi connectivity index (χ0n) is 8.16. The Balaban J connectivity index is 2.11. The fraction of sp³-hybridized carbons (Fsp3) is 0.364. The van der Waals surface area contributed by atoms with Crippen molar-refractivity contribution in [2.24, 2.45) is 0 Å². The van der Waals surface area contributed by atoms with Crippen LogP contribution in [0.2, 0.25) is 0 Å². The Labute approximate surface area is 86.9 Å². The van der Waals surface area contributed by atoms with Crippen LogP contribution in [-0.4, -0.2) is 17.6 Å². The molecule has 0 amide bonds. The van der Waals surface area contributed by atoms with E-state index in [1.807, 2.05) is 0 Å². The lowest BCUT2D eigenvalue weighted by Gasteiger charge is -2.11. The highest BCUT2D eigenvalue weighted by Gasteiger charge is 2.22. The molecule has 1 unspecified atom stereocenters. The number of carboxylic acids is 1. The summed E-state index contributed by atoms with van der Waals surface area (Å²) in [4.78, 5) is 10.4. The zero-order chi connectivity index (χ0) is 10.8. The van der Waals surface area contributed by atoms with Crippen molar-refractivity contribution in [1.82, 2.24) is 5.32 Å². The molecule has 0 bridgehead atoms. The first kappa shape index (κ1) is 10.1. The summed E-state index contributed by atoms with van der Waals surface area (Å²) in [6.07, 6.45) is 1.65. The predicted molar refractivity (Wildman–Crippen MR) is 53.1 cm³/mol. The Kier molecular flexibility index (Phi) is 2.68. The normalized spacial score (nSPS) is 18.9. The Morgan fingerprint density at radius 3 is 3.13 bits per heavy atom. The van der Waals surface area contributed by atoms with Gasteiger partial charge in [0.15, 0.2) is 0 Å². The third-order valence-corrected chi connectivity index (χ3v) is 2.68. The van der Waals surface area contributed by atoms with Crippen LogP contribution in [0.5, 0.6) is 0 Å². The van der Waals surface area contributed by atoms with Crippen LogP contribution in [0.15, 0.2) is 18.2 Å². The van der Waals surface area contributed by atoms with E-state index in [0.29, 0.717) is 0 Å². The van der Waals surface area contributed by atoms with E-state index in [1.54, 1.807) is 6.07 Å². The van der Waals surface area contributed by atoms with Crippen LogP contribution >= 0.6 is 0 Å². The second-order valence-electron chi connectivity index (χ2n) is 3.71. The van der Waals surface area contributed by atoms with Crippen LogP contribution in [0.4, 0.5) is 4.39 Å². The molecule has 0 saturated heterocycles. The van der Waals surface area contributed by atoms with Gasteiger partial charge in [-0.15, -0.1) is 0 Å². The number of hydrogen-bond acceptors (Lipinski definition) is 2. The summed E-state index contributed by atoms with van der Waals surface area (Å²) in [6, 6.07) is 4.73. The van der Waals surface area contributed by atoms with Gasteiger partial charge in [0, 0.05) is 6.04 Å². The van der Waals surface area contributed by atoms with Gasteiger partial charge in [0.25, 0.3) is 0 Å². The highest BCUT2D eigenvalue weighted by atomic mass is 19.1. The molecule has 0 saturated carbocycles. The maximum atomic E-state index is 12.9. The molecule has 4 heteroatoms. The Morgan fingerprint density at radius 1 is 1.60 bits per heavy atom. The number of halogens is 1. The summed E-state index contributed by atoms with van der Waals surface area (Å²) in [5, 5.41) is 11.5. The molecule has 1 atom stereocenters. The van der Waals surface area contributed by atoms with Gasteiger partial charge in [-0.1, -0.05) is 6.07 Å². The smallest absolute Gasteiger partial charge is 0.317 e. The van der Waals surface area contributed by atoms with Crippen LogP contribution in [0, 0.1) is 5.82 Å². The first-order valence-corrected chi connectivity index (χ1v) is 4.90. The quantitative estimate of drug-likeness (QED) is 0.792. The van der Waals surface area contributed by atoms with E-state index in [0.717, 1.165) is 24.0 Å². The molecule has 0 radical (unpaired) electrons. The largest absolute Gasteiger partial charge is 0.480 e. The van der Waals surface area contributed by atoms with Crippen LogP contribution in [-0.2, 0) is 11.2 Å². The van der Waals surface area contributed by atoms with Gasteiger partial charge in [-0.2, -0.15) is 0 Å². The molecule has 0 heterocycles. The molecule has 0 aliphatic heterocycles. The summed E-state index contributed by atoms with van der Waals surface area (Å²) < 4.78 is 12.9.